The number of phenols is 3. The normalized spacial score (nSPS) is 29.1. The van der Waals surface area contributed by atoms with Crippen molar-refractivity contribution in [2.24, 2.45) is 0 Å². The fourth-order valence-electron chi connectivity index (χ4n) is 6.24. The molecule has 3 aliphatic rings. The number of fused-ring (bicyclic) bond motifs is 1. The summed E-state index contributed by atoms with van der Waals surface area (Å²) in [5, 5.41) is 103. The molecule has 3 heterocycles. The van der Waals surface area contributed by atoms with E-state index >= 15 is 0 Å². The summed E-state index contributed by atoms with van der Waals surface area (Å²) >= 11 is 0. The van der Waals surface area contributed by atoms with Gasteiger partial charge < -0.3 is 84.2 Å². The first-order chi connectivity index (χ1) is 28.1. The zero-order valence-corrected chi connectivity index (χ0v) is 30.6. The zero-order valence-electron chi connectivity index (χ0n) is 30.6. The number of carboxylic acids is 1. The van der Waals surface area contributed by atoms with Gasteiger partial charge in [-0.15, -0.1) is 0 Å². The van der Waals surface area contributed by atoms with E-state index in [1.54, 1.807) is 12.1 Å². The maximum absolute atomic E-state index is 12.5. The highest BCUT2D eigenvalue weighted by Crippen LogP contribution is 2.46. The Morgan fingerprint density at radius 2 is 1.24 bits per heavy atom. The smallest absolute Gasteiger partial charge is 0.330 e. The number of benzene rings is 3. The summed E-state index contributed by atoms with van der Waals surface area (Å²) in [6.07, 6.45) is -15.9. The second-order valence-electron chi connectivity index (χ2n) is 13.6. The minimum absolute atomic E-state index is 0.0277. The maximum Gasteiger partial charge on any atom is 0.330 e. The van der Waals surface area contributed by atoms with E-state index in [0.29, 0.717) is 11.1 Å². The molecule has 0 spiro atoms. The number of hydrogen-bond acceptors (Lipinski definition) is 18. The van der Waals surface area contributed by atoms with Crippen molar-refractivity contribution in [2.75, 3.05) is 13.2 Å². The van der Waals surface area contributed by atoms with Gasteiger partial charge in [-0.05, 0) is 48.0 Å². The standard InChI is InChI=1S/C39H40O20/c40-19-6-1-17(2-7-19)3-10-29(45)53-15-26-31(47)34(50)36(52)39(59-26)57-25-13-22-23(55-37(25)18-4-8-20(41)9-5-18)11-21(42)12-24(22)56-38-35(51)33(49)32(48)27(58-38)16-54-30(46)14-28(43)44/h1-13,26-27,31-42,47-52H,14-16H2,(H,43,44)/p+1/b10-3+/t26-,27+,31-,32-,33+,34+,35-,36-,37?,38-,39-/m1/s1. The number of carbonyl (C=O) groups excluding carboxylic acids is 2. The minimum atomic E-state index is -1.92. The molecule has 20 nitrogen and oxygen atoms in total. The van der Waals surface area contributed by atoms with Crippen LogP contribution in [0.2, 0.25) is 0 Å². The Balaban J connectivity index is 1.25. The van der Waals surface area contributed by atoms with Crippen LogP contribution in [0.3, 0.4) is 0 Å². The number of aliphatic hydroxyl groups is 7. The molecule has 6 rings (SSSR count). The molecule has 316 valence electrons. The molecule has 0 aromatic heterocycles. The molecule has 0 radical (unpaired) electrons. The Morgan fingerprint density at radius 1 is 0.678 bits per heavy atom. The molecular formula is C39H41O20+. The number of carbonyl (C=O) groups is 3. The predicted octanol–water partition coefficient (Wildman–Crippen LogP) is -0.574. The lowest BCUT2D eigenvalue weighted by Crippen LogP contribution is -2.60. The zero-order chi connectivity index (χ0) is 42.5. The number of esters is 2. The van der Waals surface area contributed by atoms with Crippen LogP contribution in [0.15, 0.2) is 72.5 Å². The molecular weight excluding hydrogens is 788 g/mol. The van der Waals surface area contributed by atoms with Crippen LogP contribution in [0, 0.1) is 0 Å². The van der Waals surface area contributed by atoms with Gasteiger partial charge in [-0.3, -0.25) is 9.59 Å². The number of phenolic OH excluding ortho intramolecular Hbond substituents is 3. The molecule has 0 aliphatic carbocycles. The molecule has 2 fully saturated rings. The van der Waals surface area contributed by atoms with Gasteiger partial charge in [-0.25, -0.2) is 4.79 Å². The number of hydrogen-bond donors (Lipinski definition) is 10. The second kappa shape index (κ2) is 18.3. The van der Waals surface area contributed by atoms with Crippen molar-refractivity contribution >= 4 is 30.1 Å². The Hall–Kier alpha value is -5.97. The van der Waals surface area contributed by atoms with Gasteiger partial charge in [0.2, 0.25) is 12.6 Å². The van der Waals surface area contributed by atoms with Crippen LogP contribution in [0.1, 0.15) is 29.2 Å². The lowest BCUT2D eigenvalue weighted by atomic mass is 9.98. The van der Waals surface area contributed by atoms with E-state index in [4.69, 9.17) is 33.5 Å². The molecule has 11 N–H and O–H groups in total. The van der Waals surface area contributed by atoms with Crippen LogP contribution in [-0.2, 0) is 38.1 Å². The fraction of sp³-hybridized carbons (Fsp3) is 0.359. The third-order valence-corrected chi connectivity index (χ3v) is 9.37. The molecule has 11 atom stereocenters. The molecule has 3 aromatic carbocycles. The van der Waals surface area contributed by atoms with Crippen molar-refractivity contribution in [1.29, 1.82) is 0 Å². The van der Waals surface area contributed by atoms with E-state index in [2.05, 4.69) is 4.74 Å². The third kappa shape index (κ3) is 10.2. The maximum atomic E-state index is 12.5. The van der Waals surface area contributed by atoms with E-state index in [1.807, 2.05) is 0 Å². The van der Waals surface area contributed by atoms with Gasteiger partial charge in [0.1, 0.15) is 97.0 Å². The highest BCUT2D eigenvalue weighted by molar-refractivity contribution is 5.90. The second-order valence-corrected chi connectivity index (χ2v) is 13.6. The first-order valence-electron chi connectivity index (χ1n) is 17.9. The van der Waals surface area contributed by atoms with Crippen LogP contribution < -0.4 is 4.74 Å². The average molecular weight is 830 g/mol. The molecule has 0 bridgehead atoms. The van der Waals surface area contributed by atoms with Crippen LogP contribution in [0.4, 0.5) is 0 Å². The highest BCUT2D eigenvalue weighted by Gasteiger charge is 2.48. The number of aliphatic hydroxyl groups excluding tert-OH is 6. The number of carboxylic acid groups (broad SMARTS) is 1. The van der Waals surface area contributed by atoms with Gasteiger partial charge in [0.25, 0.3) is 11.9 Å². The highest BCUT2D eigenvalue weighted by atomic mass is 16.7. The van der Waals surface area contributed by atoms with Crippen molar-refractivity contribution in [3.05, 3.63) is 89.2 Å². The van der Waals surface area contributed by atoms with E-state index in [0.717, 1.165) is 12.1 Å². The molecule has 0 amide bonds. The molecule has 2 saturated heterocycles. The Labute approximate surface area is 333 Å². The van der Waals surface area contributed by atoms with Gasteiger partial charge in [-0.2, -0.15) is 0 Å². The number of rotatable bonds is 13. The average Bonchev–Trinajstić information content (AvgIpc) is 3.20. The molecule has 3 aliphatic heterocycles. The summed E-state index contributed by atoms with van der Waals surface area (Å²) in [5.74, 6) is -4.21. The molecule has 20 heteroatoms. The molecule has 0 saturated carbocycles. The fourth-order valence-corrected chi connectivity index (χ4v) is 6.24. The van der Waals surface area contributed by atoms with Crippen LogP contribution >= 0.6 is 0 Å². The Morgan fingerprint density at radius 3 is 1.83 bits per heavy atom. The van der Waals surface area contributed by atoms with E-state index in [9.17, 15) is 60.3 Å². The van der Waals surface area contributed by atoms with Crippen molar-refractivity contribution in [3.8, 4) is 28.7 Å². The first kappa shape index (κ1) is 42.6. The summed E-state index contributed by atoms with van der Waals surface area (Å²) in [7, 11) is 0. The quantitative estimate of drug-likeness (QED) is 0.0446. The van der Waals surface area contributed by atoms with Crippen LogP contribution in [0.5, 0.6) is 28.7 Å². The van der Waals surface area contributed by atoms with Crippen molar-refractivity contribution in [3.63, 3.8) is 0 Å². The largest absolute Gasteiger partial charge is 0.571 e. The lowest BCUT2D eigenvalue weighted by Gasteiger charge is -2.41. The van der Waals surface area contributed by atoms with Crippen LogP contribution in [-0.4, -0.2) is 148 Å². The number of aliphatic carboxylic acids is 1. The first-order valence-corrected chi connectivity index (χ1v) is 17.9. The minimum Gasteiger partial charge on any atom is -0.571 e. The monoisotopic (exact) mass is 829 g/mol. The summed E-state index contributed by atoms with van der Waals surface area (Å²) in [4.78, 5) is 35.2. The van der Waals surface area contributed by atoms with Gasteiger partial charge >= 0.3 is 17.9 Å². The van der Waals surface area contributed by atoms with Gasteiger partial charge in [0.15, 0.2) is 5.76 Å². The van der Waals surface area contributed by atoms with E-state index < -0.39 is 111 Å². The summed E-state index contributed by atoms with van der Waals surface area (Å²) in [6.45, 7) is -1.34. The molecule has 3 aromatic rings. The van der Waals surface area contributed by atoms with Crippen molar-refractivity contribution < 1.29 is 98.6 Å². The summed E-state index contributed by atoms with van der Waals surface area (Å²) in [5.41, 5.74) is 1.04. The molecule has 1 unspecified atom stereocenters. The van der Waals surface area contributed by atoms with Gasteiger partial charge in [-0.1, -0.05) is 12.1 Å². The van der Waals surface area contributed by atoms with Gasteiger partial charge in [0, 0.05) is 18.2 Å². The van der Waals surface area contributed by atoms with E-state index in [-0.39, 0.29) is 34.3 Å². The molecule has 59 heavy (non-hydrogen) atoms. The third-order valence-electron chi connectivity index (χ3n) is 9.37. The van der Waals surface area contributed by atoms with Crippen molar-refractivity contribution in [1.82, 2.24) is 0 Å². The lowest BCUT2D eigenvalue weighted by molar-refractivity contribution is -0.296. The van der Waals surface area contributed by atoms with E-state index in [1.165, 1.54) is 54.6 Å². The topological polar surface area (TPSA) is 322 Å². The van der Waals surface area contributed by atoms with Crippen molar-refractivity contribution in [2.45, 2.75) is 73.9 Å². The number of ether oxygens (including phenoxy) is 7. The Kier molecular flexibility index (Phi) is 13.2. The SMILES string of the molecule is O=C(O)CC(=O)OC[C@@H]1O[C@@H](Oc2cc(O)cc3c2C=C(O[C@@H]2O[C@H](COC(=O)/C=C/c4ccc(O)cc4)[C@@H](O)[C@H](O)[C@H]2O)C(c2ccc(O)cc2)[OH+]3)[C@H](O)[C@@H](O)[C@@H]1O. The number of aromatic hydroxyl groups is 4. The summed E-state index contributed by atoms with van der Waals surface area (Å²) < 4.78 is 38.2. The summed E-state index contributed by atoms with van der Waals surface area (Å²) in [6, 6.07) is 14.0. The Bertz CT molecular complexity index is 2030. The van der Waals surface area contributed by atoms with Crippen LogP contribution in [0.25, 0.3) is 12.2 Å². The van der Waals surface area contributed by atoms with Gasteiger partial charge in [0.05, 0.1) is 11.6 Å². The predicted molar refractivity (Wildman–Crippen MR) is 195 cm³/mol.